The molecule has 1 aliphatic rings. The highest BCUT2D eigenvalue weighted by Gasteiger charge is 2.20. The van der Waals surface area contributed by atoms with Crippen molar-refractivity contribution in [2.45, 2.75) is 45.2 Å². The van der Waals surface area contributed by atoms with E-state index in [-0.39, 0.29) is 18.4 Å². The molecule has 0 spiro atoms. The Morgan fingerprint density at radius 3 is 2.95 bits per heavy atom. The van der Waals surface area contributed by atoms with E-state index in [9.17, 15) is 9.59 Å². The SMILES string of the molecule is CCCC(CC(=O)O)NC(=O)c1cccc2c1CCNC2. The van der Waals surface area contributed by atoms with Gasteiger partial charge < -0.3 is 15.7 Å². The number of carboxylic acids is 1. The number of rotatable bonds is 6. The third-order valence-corrected chi connectivity index (χ3v) is 3.78. The molecule has 0 saturated carbocycles. The normalized spacial score (nSPS) is 15.1. The summed E-state index contributed by atoms with van der Waals surface area (Å²) in [6.07, 6.45) is 2.32. The van der Waals surface area contributed by atoms with Crippen LogP contribution < -0.4 is 10.6 Å². The fourth-order valence-corrected chi connectivity index (χ4v) is 2.79. The average molecular weight is 290 g/mol. The monoisotopic (exact) mass is 290 g/mol. The smallest absolute Gasteiger partial charge is 0.305 e. The molecule has 2 rings (SSSR count). The quantitative estimate of drug-likeness (QED) is 0.745. The number of carbonyl (C=O) groups excluding carboxylic acids is 1. The van der Waals surface area contributed by atoms with E-state index < -0.39 is 5.97 Å². The topological polar surface area (TPSA) is 78.4 Å². The zero-order chi connectivity index (χ0) is 15.2. The van der Waals surface area contributed by atoms with Crippen molar-refractivity contribution in [3.8, 4) is 0 Å². The molecule has 1 aliphatic heterocycles. The van der Waals surface area contributed by atoms with E-state index in [0.717, 1.165) is 37.1 Å². The van der Waals surface area contributed by atoms with Gasteiger partial charge in [0.15, 0.2) is 0 Å². The number of amides is 1. The van der Waals surface area contributed by atoms with Gasteiger partial charge in [-0.3, -0.25) is 9.59 Å². The van der Waals surface area contributed by atoms with Crippen molar-refractivity contribution in [1.82, 2.24) is 10.6 Å². The Morgan fingerprint density at radius 2 is 2.24 bits per heavy atom. The molecule has 0 radical (unpaired) electrons. The van der Waals surface area contributed by atoms with Crippen molar-refractivity contribution in [2.24, 2.45) is 0 Å². The first-order chi connectivity index (χ1) is 10.1. The zero-order valence-corrected chi connectivity index (χ0v) is 12.3. The second kappa shape index (κ2) is 7.22. The van der Waals surface area contributed by atoms with Crippen molar-refractivity contribution in [1.29, 1.82) is 0 Å². The van der Waals surface area contributed by atoms with Crippen molar-refractivity contribution in [3.63, 3.8) is 0 Å². The Hall–Kier alpha value is -1.88. The molecular weight excluding hydrogens is 268 g/mol. The highest BCUT2D eigenvalue weighted by atomic mass is 16.4. The molecule has 5 nitrogen and oxygen atoms in total. The van der Waals surface area contributed by atoms with Gasteiger partial charge in [-0.1, -0.05) is 25.5 Å². The van der Waals surface area contributed by atoms with Crippen LogP contribution in [0.2, 0.25) is 0 Å². The summed E-state index contributed by atoms with van der Waals surface area (Å²) >= 11 is 0. The van der Waals surface area contributed by atoms with E-state index in [1.165, 1.54) is 0 Å². The van der Waals surface area contributed by atoms with Gasteiger partial charge >= 0.3 is 5.97 Å². The minimum atomic E-state index is -0.881. The van der Waals surface area contributed by atoms with Crippen LogP contribution in [-0.4, -0.2) is 29.6 Å². The Morgan fingerprint density at radius 1 is 1.43 bits per heavy atom. The molecule has 0 bridgehead atoms. The van der Waals surface area contributed by atoms with E-state index in [2.05, 4.69) is 10.6 Å². The van der Waals surface area contributed by atoms with Crippen LogP contribution in [0.3, 0.4) is 0 Å². The maximum Gasteiger partial charge on any atom is 0.305 e. The maximum absolute atomic E-state index is 12.5. The predicted molar refractivity (Wildman–Crippen MR) is 80.3 cm³/mol. The van der Waals surface area contributed by atoms with Gasteiger partial charge in [0.2, 0.25) is 0 Å². The van der Waals surface area contributed by atoms with E-state index in [1.54, 1.807) is 0 Å². The summed E-state index contributed by atoms with van der Waals surface area (Å²) in [4.78, 5) is 23.3. The molecule has 21 heavy (non-hydrogen) atoms. The summed E-state index contributed by atoms with van der Waals surface area (Å²) in [6.45, 7) is 3.63. The average Bonchev–Trinajstić information content (AvgIpc) is 2.46. The standard InChI is InChI=1S/C16H22N2O3/c1-2-4-12(9-15(19)20)18-16(21)14-6-3-5-11-10-17-8-7-13(11)14/h3,5-6,12,17H,2,4,7-10H2,1H3,(H,18,21)(H,19,20). The van der Waals surface area contributed by atoms with Gasteiger partial charge in [0.05, 0.1) is 6.42 Å². The van der Waals surface area contributed by atoms with Gasteiger partial charge in [-0.2, -0.15) is 0 Å². The van der Waals surface area contributed by atoms with Crippen molar-refractivity contribution in [2.75, 3.05) is 6.54 Å². The van der Waals surface area contributed by atoms with Gasteiger partial charge in [-0.25, -0.2) is 0 Å². The summed E-state index contributed by atoms with van der Waals surface area (Å²) in [5, 5.41) is 15.1. The minimum Gasteiger partial charge on any atom is -0.481 e. The summed E-state index contributed by atoms with van der Waals surface area (Å²) in [5.74, 6) is -1.04. The highest BCUT2D eigenvalue weighted by molar-refractivity contribution is 5.96. The largest absolute Gasteiger partial charge is 0.481 e. The van der Waals surface area contributed by atoms with E-state index in [4.69, 9.17) is 5.11 Å². The van der Waals surface area contributed by atoms with Crippen molar-refractivity contribution >= 4 is 11.9 Å². The fraction of sp³-hybridized carbons (Fsp3) is 0.500. The third kappa shape index (κ3) is 4.04. The molecule has 1 unspecified atom stereocenters. The molecule has 1 atom stereocenters. The summed E-state index contributed by atoms with van der Waals surface area (Å²) in [7, 11) is 0. The Kier molecular flexibility index (Phi) is 5.33. The third-order valence-electron chi connectivity index (χ3n) is 3.78. The zero-order valence-electron chi connectivity index (χ0n) is 12.3. The van der Waals surface area contributed by atoms with Crippen molar-refractivity contribution < 1.29 is 14.7 Å². The highest BCUT2D eigenvalue weighted by Crippen LogP contribution is 2.19. The van der Waals surface area contributed by atoms with E-state index >= 15 is 0 Å². The molecule has 0 saturated heterocycles. The lowest BCUT2D eigenvalue weighted by molar-refractivity contribution is -0.137. The molecule has 1 amide bonds. The lowest BCUT2D eigenvalue weighted by Gasteiger charge is -2.22. The minimum absolute atomic E-state index is 0.0316. The Balaban J connectivity index is 2.13. The summed E-state index contributed by atoms with van der Waals surface area (Å²) in [5.41, 5.74) is 2.92. The predicted octanol–water partition coefficient (Wildman–Crippen LogP) is 1.71. The molecule has 1 aromatic rings. The lowest BCUT2D eigenvalue weighted by Crippen LogP contribution is -2.37. The van der Waals surface area contributed by atoms with E-state index in [0.29, 0.717) is 12.0 Å². The van der Waals surface area contributed by atoms with Crippen LogP contribution in [0, 0.1) is 0 Å². The second-order valence-electron chi connectivity index (χ2n) is 5.43. The number of hydrogen-bond acceptors (Lipinski definition) is 3. The summed E-state index contributed by atoms with van der Waals surface area (Å²) < 4.78 is 0. The second-order valence-corrected chi connectivity index (χ2v) is 5.43. The molecule has 0 aliphatic carbocycles. The Labute approximate surface area is 124 Å². The molecular formula is C16H22N2O3. The van der Waals surface area contributed by atoms with Crippen LogP contribution in [0.15, 0.2) is 18.2 Å². The van der Waals surface area contributed by atoms with Gasteiger partial charge in [0, 0.05) is 18.2 Å². The molecule has 3 N–H and O–H groups in total. The van der Waals surface area contributed by atoms with Gasteiger partial charge in [0.25, 0.3) is 5.91 Å². The number of carbonyl (C=O) groups is 2. The number of nitrogens with one attached hydrogen (secondary N) is 2. The first kappa shape index (κ1) is 15.5. The van der Waals surface area contributed by atoms with Crippen LogP contribution in [0.1, 0.15) is 47.7 Å². The van der Waals surface area contributed by atoms with Crippen LogP contribution in [0.25, 0.3) is 0 Å². The van der Waals surface area contributed by atoms with E-state index in [1.807, 2.05) is 25.1 Å². The first-order valence-corrected chi connectivity index (χ1v) is 7.46. The summed E-state index contributed by atoms with van der Waals surface area (Å²) in [6, 6.07) is 5.42. The first-order valence-electron chi connectivity index (χ1n) is 7.46. The molecule has 0 aromatic heterocycles. The van der Waals surface area contributed by atoms with Crippen LogP contribution in [0.4, 0.5) is 0 Å². The number of carboxylic acid groups (broad SMARTS) is 1. The molecule has 5 heteroatoms. The van der Waals surface area contributed by atoms with Crippen LogP contribution in [-0.2, 0) is 17.8 Å². The fourth-order valence-electron chi connectivity index (χ4n) is 2.79. The molecule has 1 heterocycles. The number of aliphatic carboxylic acids is 1. The molecule has 114 valence electrons. The number of fused-ring (bicyclic) bond motifs is 1. The maximum atomic E-state index is 12.5. The van der Waals surface area contributed by atoms with Gasteiger partial charge in [-0.15, -0.1) is 0 Å². The van der Waals surface area contributed by atoms with Gasteiger partial charge in [-0.05, 0) is 36.6 Å². The lowest BCUT2D eigenvalue weighted by atomic mass is 9.94. The van der Waals surface area contributed by atoms with Crippen LogP contribution >= 0.6 is 0 Å². The number of hydrogen-bond donors (Lipinski definition) is 3. The van der Waals surface area contributed by atoms with Crippen LogP contribution in [0.5, 0.6) is 0 Å². The number of benzene rings is 1. The van der Waals surface area contributed by atoms with Crippen molar-refractivity contribution in [3.05, 3.63) is 34.9 Å². The molecule has 1 aromatic carbocycles. The Bertz CT molecular complexity index is 528. The van der Waals surface area contributed by atoms with Gasteiger partial charge in [0.1, 0.15) is 0 Å². The molecule has 0 fully saturated rings.